The van der Waals surface area contributed by atoms with Crippen molar-refractivity contribution >= 4 is 27.3 Å². The van der Waals surface area contributed by atoms with Crippen molar-refractivity contribution in [1.29, 1.82) is 0 Å². The maximum Gasteiger partial charge on any atom is 0.250 e. The van der Waals surface area contributed by atoms with Gasteiger partial charge in [-0.15, -0.1) is 0 Å². The molecule has 0 atom stereocenters. The van der Waals surface area contributed by atoms with Crippen LogP contribution in [-0.2, 0) is 14.8 Å². The Hall–Kier alpha value is -4.02. The Bertz CT molecular complexity index is 1560. The van der Waals surface area contributed by atoms with Gasteiger partial charge in [0.2, 0.25) is 27.6 Å². The third kappa shape index (κ3) is 5.46. The highest BCUT2D eigenvalue weighted by Crippen LogP contribution is 2.34. The SMILES string of the molecule is Cc1nc(-c2cccc(NC3(C(=O)Nc4ccc(-c5ccccc5S(N)(=O)=O)cc4)CCCCC3)c2)no1. The van der Waals surface area contributed by atoms with Crippen LogP contribution < -0.4 is 15.8 Å². The third-order valence-electron chi connectivity index (χ3n) is 6.82. The molecule has 3 aromatic carbocycles. The molecule has 196 valence electrons. The number of hydrogen-bond donors (Lipinski definition) is 3. The molecule has 38 heavy (non-hydrogen) atoms. The first-order chi connectivity index (χ1) is 18.2. The van der Waals surface area contributed by atoms with Gasteiger partial charge in [-0.2, -0.15) is 4.98 Å². The fraction of sp³-hybridized carbons (Fsp3) is 0.250. The molecule has 4 aromatic rings. The summed E-state index contributed by atoms with van der Waals surface area (Å²) in [6.07, 6.45) is 4.35. The van der Waals surface area contributed by atoms with E-state index in [1.807, 2.05) is 24.3 Å². The number of nitrogens with one attached hydrogen (secondary N) is 2. The summed E-state index contributed by atoms with van der Waals surface area (Å²) in [5, 5.41) is 16.0. The zero-order valence-electron chi connectivity index (χ0n) is 21.0. The molecule has 1 saturated carbocycles. The first-order valence-corrected chi connectivity index (χ1v) is 14.0. The monoisotopic (exact) mass is 531 g/mol. The summed E-state index contributed by atoms with van der Waals surface area (Å²) >= 11 is 0. The van der Waals surface area contributed by atoms with Crippen molar-refractivity contribution in [3.05, 3.63) is 78.7 Å². The lowest BCUT2D eigenvalue weighted by Crippen LogP contribution is -2.51. The van der Waals surface area contributed by atoms with E-state index in [0.29, 0.717) is 41.4 Å². The molecule has 1 aliphatic carbocycles. The number of benzene rings is 3. The minimum Gasteiger partial charge on any atom is -0.371 e. The lowest BCUT2D eigenvalue weighted by Gasteiger charge is -2.37. The van der Waals surface area contributed by atoms with Crippen LogP contribution in [0.4, 0.5) is 11.4 Å². The highest BCUT2D eigenvalue weighted by Gasteiger charge is 2.39. The minimum atomic E-state index is -3.87. The molecule has 4 N–H and O–H groups in total. The normalized spacial score (nSPS) is 15.1. The summed E-state index contributed by atoms with van der Waals surface area (Å²) in [7, 11) is -3.87. The second-order valence-corrected chi connectivity index (χ2v) is 11.1. The number of amides is 1. The van der Waals surface area contributed by atoms with E-state index in [0.717, 1.165) is 30.5 Å². The quantitative estimate of drug-likeness (QED) is 0.301. The maximum absolute atomic E-state index is 13.7. The summed E-state index contributed by atoms with van der Waals surface area (Å²) in [6, 6.07) is 21.3. The molecule has 0 bridgehead atoms. The van der Waals surface area contributed by atoms with Crippen molar-refractivity contribution in [3.8, 4) is 22.5 Å². The Labute approximate surface area is 221 Å². The van der Waals surface area contributed by atoms with Crippen LogP contribution in [0.15, 0.2) is 82.2 Å². The van der Waals surface area contributed by atoms with E-state index in [1.54, 1.807) is 49.4 Å². The summed E-state index contributed by atoms with van der Waals surface area (Å²) in [4.78, 5) is 18.0. The van der Waals surface area contributed by atoms with Crippen LogP contribution in [0.3, 0.4) is 0 Å². The van der Waals surface area contributed by atoms with Gasteiger partial charge in [0, 0.05) is 29.4 Å². The second-order valence-electron chi connectivity index (χ2n) is 9.56. The van der Waals surface area contributed by atoms with Crippen molar-refractivity contribution in [1.82, 2.24) is 10.1 Å². The molecule has 1 amide bonds. The van der Waals surface area contributed by atoms with Gasteiger partial charge in [0.25, 0.3) is 0 Å². The predicted octanol–water partition coefficient (Wildman–Crippen LogP) is 5.11. The van der Waals surface area contributed by atoms with Gasteiger partial charge in [-0.3, -0.25) is 4.79 Å². The van der Waals surface area contributed by atoms with Gasteiger partial charge in [-0.1, -0.05) is 66.9 Å². The number of primary sulfonamides is 1. The number of anilines is 2. The molecule has 1 aromatic heterocycles. The summed E-state index contributed by atoms with van der Waals surface area (Å²) in [6.45, 7) is 1.74. The van der Waals surface area contributed by atoms with E-state index >= 15 is 0 Å². The Balaban J connectivity index is 1.37. The lowest BCUT2D eigenvalue weighted by atomic mass is 9.80. The molecule has 0 spiro atoms. The van der Waals surface area contributed by atoms with Crippen LogP contribution in [0.2, 0.25) is 0 Å². The highest BCUT2D eigenvalue weighted by atomic mass is 32.2. The van der Waals surface area contributed by atoms with Gasteiger partial charge >= 0.3 is 0 Å². The molecular weight excluding hydrogens is 502 g/mol. The number of nitrogens with zero attached hydrogens (tertiary/aromatic N) is 2. The van der Waals surface area contributed by atoms with Gasteiger partial charge < -0.3 is 15.2 Å². The number of aromatic nitrogens is 2. The standard InChI is InChI=1S/C28H29N5O4S/c1-19-30-26(33-37-19)21-8-7-9-23(18-21)32-28(16-5-2-6-17-28)27(34)31-22-14-12-20(13-15-22)24-10-3-4-11-25(24)38(29,35)36/h3-4,7-15,18,32H,2,5-6,16-17H2,1H3,(H,31,34)(H2,29,35,36). The number of nitrogens with two attached hydrogens (primary N) is 1. The summed E-state index contributed by atoms with van der Waals surface area (Å²) in [5.41, 5.74) is 2.64. The van der Waals surface area contributed by atoms with Crippen molar-refractivity contribution in [2.24, 2.45) is 5.14 Å². The minimum absolute atomic E-state index is 0.0559. The highest BCUT2D eigenvalue weighted by molar-refractivity contribution is 7.89. The molecule has 9 nitrogen and oxygen atoms in total. The van der Waals surface area contributed by atoms with E-state index in [4.69, 9.17) is 9.66 Å². The van der Waals surface area contributed by atoms with Gasteiger partial charge in [0.15, 0.2) is 0 Å². The fourth-order valence-corrected chi connectivity index (χ4v) is 5.69. The number of carbonyl (C=O) groups excluding carboxylic acids is 1. The Morgan fingerprint density at radius 1 is 0.921 bits per heavy atom. The van der Waals surface area contributed by atoms with E-state index in [1.165, 1.54) is 6.07 Å². The summed E-state index contributed by atoms with van der Waals surface area (Å²) in [5.74, 6) is 0.869. The number of hydrogen-bond acceptors (Lipinski definition) is 7. The van der Waals surface area contributed by atoms with Crippen molar-refractivity contribution in [3.63, 3.8) is 0 Å². The fourth-order valence-electron chi connectivity index (χ4n) is 4.93. The molecule has 0 radical (unpaired) electrons. The molecule has 5 rings (SSSR count). The topological polar surface area (TPSA) is 140 Å². The maximum atomic E-state index is 13.7. The van der Waals surface area contributed by atoms with Crippen LogP contribution in [0.25, 0.3) is 22.5 Å². The van der Waals surface area contributed by atoms with Crippen molar-refractivity contribution < 1.29 is 17.7 Å². The Morgan fingerprint density at radius 3 is 2.34 bits per heavy atom. The largest absolute Gasteiger partial charge is 0.371 e. The first-order valence-electron chi connectivity index (χ1n) is 12.5. The molecule has 0 saturated heterocycles. The smallest absolute Gasteiger partial charge is 0.250 e. The third-order valence-corrected chi connectivity index (χ3v) is 7.79. The number of aryl methyl sites for hydroxylation is 1. The summed E-state index contributed by atoms with van der Waals surface area (Å²) < 4.78 is 29.1. The van der Waals surface area contributed by atoms with E-state index in [-0.39, 0.29) is 10.8 Å². The van der Waals surface area contributed by atoms with Gasteiger partial charge in [-0.25, -0.2) is 13.6 Å². The molecule has 0 unspecified atom stereocenters. The average Bonchev–Trinajstić information content (AvgIpc) is 3.36. The first kappa shape index (κ1) is 25.6. The molecular formula is C28H29N5O4S. The van der Waals surface area contributed by atoms with Gasteiger partial charge in [-0.05, 0) is 48.7 Å². The van der Waals surface area contributed by atoms with Crippen LogP contribution >= 0.6 is 0 Å². The van der Waals surface area contributed by atoms with Crippen LogP contribution in [-0.4, -0.2) is 30.0 Å². The molecule has 1 fully saturated rings. The number of rotatable bonds is 7. The molecule has 1 aliphatic rings. The van der Waals surface area contributed by atoms with E-state index in [9.17, 15) is 13.2 Å². The van der Waals surface area contributed by atoms with E-state index < -0.39 is 15.6 Å². The van der Waals surface area contributed by atoms with Crippen LogP contribution in [0.1, 0.15) is 38.0 Å². The number of carbonyl (C=O) groups is 1. The molecule has 10 heteroatoms. The molecule has 1 heterocycles. The second kappa shape index (κ2) is 10.4. The van der Waals surface area contributed by atoms with Gasteiger partial charge in [0.1, 0.15) is 5.54 Å². The lowest BCUT2D eigenvalue weighted by molar-refractivity contribution is -0.121. The van der Waals surface area contributed by atoms with Crippen molar-refractivity contribution in [2.45, 2.75) is 49.5 Å². The van der Waals surface area contributed by atoms with Crippen LogP contribution in [0, 0.1) is 6.92 Å². The zero-order chi connectivity index (χ0) is 26.8. The van der Waals surface area contributed by atoms with Gasteiger partial charge in [0.05, 0.1) is 4.90 Å². The van der Waals surface area contributed by atoms with E-state index in [2.05, 4.69) is 20.8 Å². The average molecular weight is 532 g/mol. The number of sulfonamides is 1. The zero-order valence-corrected chi connectivity index (χ0v) is 21.8. The van der Waals surface area contributed by atoms with Crippen molar-refractivity contribution in [2.75, 3.05) is 10.6 Å². The molecule has 0 aliphatic heterocycles. The Morgan fingerprint density at radius 2 is 1.66 bits per heavy atom. The predicted molar refractivity (Wildman–Crippen MR) is 146 cm³/mol. The van der Waals surface area contributed by atoms with Crippen LogP contribution in [0.5, 0.6) is 0 Å². The Kier molecular flexibility index (Phi) is 7.00.